The molecular formula is C11H14N2O2S2. The summed E-state index contributed by atoms with van der Waals surface area (Å²) >= 11 is 4.81. The Kier molecular flexibility index (Phi) is 3.46. The highest BCUT2D eigenvalue weighted by atomic mass is 32.2. The van der Waals surface area contributed by atoms with Gasteiger partial charge in [-0.15, -0.1) is 0 Å². The molecule has 1 aliphatic carbocycles. The number of hydrogen-bond donors (Lipinski definition) is 2. The van der Waals surface area contributed by atoms with E-state index in [4.69, 9.17) is 18.0 Å². The van der Waals surface area contributed by atoms with E-state index in [-0.39, 0.29) is 9.88 Å². The Morgan fingerprint density at radius 1 is 1.35 bits per heavy atom. The van der Waals surface area contributed by atoms with Crippen LogP contribution in [0.3, 0.4) is 0 Å². The first-order chi connectivity index (χ1) is 7.99. The lowest BCUT2D eigenvalue weighted by Gasteiger charge is -2.06. The van der Waals surface area contributed by atoms with Crippen molar-refractivity contribution in [2.24, 2.45) is 11.7 Å². The maximum atomic E-state index is 11.9. The Labute approximate surface area is 106 Å². The van der Waals surface area contributed by atoms with Crippen LogP contribution in [-0.2, 0) is 10.0 Å². The molecule has 1 saturated carbocycles. The molecule has 2 rings (SSSR count). The molecule has 0 aliphatic heterocycles. The van der Waals surface area contributed by atoms with Crippen molar-refractivity contribution in [3.63, 3.8) is 0 Å². The largest absolute Gasteiger partial charge is 0.389 e. The lowest BCUT2D eigenvalue weighted by molar-refractivity contribution is 0.577. The van der Waals surface area contributed by atoms with Crippen molar-refractivity contribution >= 4 is 27.2 Å². The van der Waals surface area contributed by atoms with E-state index in [0.29, 0.717) is 18.0 Å². The van der Waals surface area contributed by atoms with Gasteiger partial charge in [-0.1, -0.05) is 24.4 Å². The van der Waals surface area contributed by atoms with Crippen LogP contribution in [0.2, 0.25) is 0 Å². The van der Waals surface area contributed by atoms with Crippen LogP contribution in [0.15, 0.2) is 29.2 Å². The number of thiocarbonyl (C=S) groups is 1. The Balaban J connectivity index is 2.11. The smallest absolute Gasteiger partial charge is 0.240 e. The minimum Gasteiger partial charge on any atom is -0.389 e. The van der Waals surface area contributed by atoms with E-state index in [1.54, 1.807) is 12.1 Å². The summed E-state index contributed by atoms with van der Waals surface area (Å²) in [5.41, 5.74) is 6.11. The van der Waals surface area contributed by atoms with Gasteiger partial charge in [-0.25, -0.2) is 13.1 Å². The molecule has 1 aromatic carbocycles. The lowest BCUT2D eigenvalue weighted by Crippen LogP contribution is -2.25. The van der Waals surface area contributed by atoms with Gasteiger partial charge in [0.05, 0.1) is 4.90 Å². The standard InChI is InChI=1S/C11H14N2O2S2/c12-11(16)9-3-5-10(6-4-9)17(14,15)13-7-8-1-2-8/h3-6,8,13H,1-2,7H2,(H2,12,16). The van der Waals surface area contributed by atoms with Gasteiger partial charge in [0.15, 0.2) is 0 Å². The van der Waals surface area contributed by atoms with E-state index in [1.165, 1.54) is 12.1 Å². The van der Waals surface area contributed by atoms with E-state index < -0.39 is 10.0 Å². The molecule has 1 aromatic rings. The third kappa shape index (κ3) is 3.24. The number of benzene rings is 1. The van der Waals surface area contributed by atoms with Gasteiger partial charge in [0, 0.05) is 12.1 Å². The summed E-state index contributed by atoms with van der Waals surface area (Å²) in [6.07, 6.45) is 2.23. The number of hydrogen-bond acceptors (Lipinski definition) is 3. The maximum Gasteiger partial charge on any atom is 0.240 e. The number of nitrogens with two attached hydrogens (primary N) is 1. The quantitative estimate of drug-likeness (QED) is 0.783. The van der Waals surface area contributed by atoms with E-state index in [9.17, 15) is 8.42 Å². The molecule has 3 N–H and O–H groups in total. The highest BCUT2D eigenvalue weighted by Gasteiger charge is 2.24. The zero-order chi connectivity index (χ0) is 12.5. The van der Waals surface area contributed by atoms with Gasteiger partial charge in [0.25, 0.3) is 0 Å². The van der Waals surface area contributed by atoms with Gasteiger partial charge < -0.3 is 5.73 Å². The zero-order valence-electron chi connectivity index (χ0n) is 9.22. The van der Waals surface area contributed by atoms with Crippen molar-refractivity contribution in [1.82, 2.24) is 4.72 Å². The Morgan fingerprint density at radius 2 is 1.94 bits per heavy atom. The van der Waals surface area contributed by atoms with Crippen LogP contribution in [-0.4, -0.2) is 20.0 Å². The fraction of sp³-hybridized carbons (Fsp3) is 0.364. The molecule has 0 bridgehead atoms. The van der Waals surface area contributed by atoms with Crippen LogP contribution < -0.4 is 10.5 Å². The molecule has 0 heterocycles. The fourth-order valence-corrected chi connectivity index (χ4v) is 2.68. The van der Waals surface area contributed by atoms with Crippen LogP contribution in [0.4, 0.5) is 0 Å². The topological polar surface area (TPSA) is 72.2 Å². The summed E-state index contributed by atoms with van der Waals surface area (Å²) in [5, 5.41) is 0. The molecule has 6 heteroatoms. The van der Waals surface area contributed by atoms with E-state index in [1.807, 2.05) is 0 Å². The van der Waals surface area contributed by atoms with Crippen LogP contribution in [0.5, 0.6) is 0 Å². The van der Waals surface area contributed by atoms with Crippen molar-refractivity contribution in [1.29, 1.82) is 0 Å². The Morgan fingerprint density at radius 3 is 2.41 bits per heavy atom. The second-order valence-corrected chi connectivity index (χ2v) is 6.39. The number of rotatable bonds is 5. The van der Waals surface area contributed by atoms with E-state index in [0.717, 1.165) is 12.8 Å². The third-order valence-corrected chi connectivity index (χ3v) is 4.38. The molecule has 1 fully saturated rings. The van der Waals surface area contributed by atoms with Gasteiger partial charge in [0.1, 0.15) is 4.99 Å². The van der Waals surface area contributed by atoms with Gasteiger partial charge in [-0.2, -0.15) is 0 Å². The van der Waals surface area contributed by atoms with Crippen LogP contribution in [0.1, 0.15) is 18.4 Å². The number of nitrogens with one attached hydrogen (secondary N) is 1. The molecule has 0 radical (unpaired) electrons. The monoisotopic (exact) mass is 270 g/mol. The normalized spacial score (nSPS) is 15.8. The van der Waals surface area contributed by atoms with Gasteiger partial charge in [0.2, 0.25) is 10.0 Å². The number of sulfonamides is 1. The first-order valence-electron chi connectivity index (χ1n) is 5.38. The molecule has 0 atom stereocenters. The summed E-state index contributed by atoms with van der Waals surface area (Å²) in [7, 11) is -3.39. The predicted octanol–water partition coefficient (Wildman–Crippen LogP) is 1.01. The molecule has 0 saturated heterocycles. The van der Waals surface area contributed by atoms with Crippen LogP contribution in [0.25, 0.3) is 0 Å². The van der Waals surface area contributed by atoms with E-state index >= 15 is 0 Å². The Bertz CT molecular complexity index is 519. The first kappa shape index (κ1) is 12.5. The van der Waals surface area contributed by atoms with Crippen molar-refractivity contribution in [3.8, 4) is 0 Å². The van der Waals surface area contributed by atoms with E-state index in [2.05, 4.69) is 4.72 Å². The molecule has 1 aliphatic rings. The fourth-order valence-electron chi connectivity index (χ4n) is 1.43. The maximum absolute atomic E-state index is 11.9. The van der Waals surface area contributed by atoms with Crippen LogP contribution >= 0.6 is 12.2 Å². The molecule has 0 amide bonds. The summed E-state index contributed by atoms with van der Waals surface area (Å²) in [6.45, 7) is 0.527. The Hall–Kier alpha value is -0.980. The van der Waals surface area contributed by atoms with Gasteiger partial charge in [-0.3, -0.25) is 0 Å². The zero-order valence-corrected chi connectivity index (χ0v) is 10.9. The minimum absolute atomic E-state index is 0.248. The van der Waals surface area contributed by atoms with Crippen molar-refractivity contribution in [2.75, 3.05) is 6.54 Å². The van der Waals surface area contributed by atoms with Crippen molar-refractivity contribution in [2.45, 2.75) is 17.7 Å². The minimum atomic E-state index is -3.39. The summed E-state index contributed by atoms with van der Waals surface area (Å²) < 4.78 is 26.3. The molecule has 92 valence electrons. The molecule has 0 unspecified atom stereocenters. The second-order valence-electron chi connectivity index (χ2n) is 4.18. The molecular weight excluding hydrogens is 256 g/mol. The van der Waals surface area contributed by atoms with Crippen molar-refractivity contribution in [3.05, 3.63) is 29.8 Å². The van der Waals surface area contributed by atoms with Gasteiger partial charge >= 0.3 is 0 Å². The average molecular weight is 270 g/mol. The average Bonchev–Trinajstić information content (AvgIpc) is 3.10. The highest BCUT2D eigenvalue weighted by Crippen LogP contribution is 2.28. The summed E-state index contributed by atoms with van der Waals surface area (Å²) in [4.78, 5) is 0.512. The molecule has 17 heavy (non-hydrogen) atoms. The second kappa shape index (κ2) is 4.72. The SMILES string of the molecule is NC(=S)c1ccc(S(=O)(=O)NCC2CC2)cc1. The first-order valence-corrected chi connectivity index (χ1v) is 7.28. The summed E-state index contributed by atoms with van der Waals surface area (Å²) in [6, 6.07) is 6.27. The van der Waals surface area contributed by atoms with Gasteiger partial charge in [-0.05, 0) is 30.9 Å². The van der Waals surface area contributed by atoms with Crippen molar-refractivity contribution < 1.29 is 8.42 Å². The predicted molar refractivity (Wildman–Crippen MR) is 70.2 cm³/mol. The molecule has 4 nitrogen and oxygen atoms in total. The molecule has 0 spiro atoms. The third-order valence-electron chi connectivity index (χ3n) is 2.71. The molecule has 0 aromatic heterocycles. The summed E-state index contributed by atoms with van der Waals surface area (Å²) in [5.74, 6) is 0.515. The van der Waals surface area contributed by atoms with Crippen LogP contribution in [0, 0.1) is 5.92 Å². The highest BCUT2D eigenvalue weighted by molar-refractivity contribution is 7.89. The lowest BCUT2D eigenvalue weighted by atomic mass is 10.2.